The third-order valence-corrected chi connectivity index (χ3v) is 32.3. The van der Waals surface area contributed by atoms with E-state index in [1.165, 1.54) is 91.6 Å². The van der Waals surface area contributed by atoms with Gasteiger partial charge in [0.2, 0.25) is 0 Å². The highest BCUT2D eigenvalue weighted by Gasteiger charge is 2.49. The molecule has 0 radical (unpaired) electrons. The Morgan fingerprint density at radius 3 is 1.06 bits per heavy atom. The molecule has 0 aromatic heterocycles. The van der Waals surface area contributed by atoms with Gasteiger partial charge in [-0.1, -0.05) is 366 Å². The Kier molecular flexibility index (Phi) is 15.7. The van der Waals surface area contributed by atoms with E-state index < -0.39 is 16.1 Å². The van der Waals surface area contributed by atoms with Gasteiger partial charge in [0.1, 0.15) is 0 Å². The zero-order valence-electron chi connectivity index (χ0n) is 58.7. The van der Waals surface area contributed by atoms with E-state index >= 15 is 0 Å². The van der Waals surface area contributed by atoms with Crippen LogP contribution in [0.4, 0.5) is 51.2 Å². The van der Waals surface area contributed by atoms with Gasteiger partial charge in [0.25, 0.3) is 6.71 Å². The second-order valence-corrected chi connectivity index (χ2v) is 36.2. The number of anilines is 9. The normalized spacial score (nSPS) is 13.2. The van der Waals surface area contributed by atoms with Crippen LogP contribution in [0.1, 0.15) is 25.0 Å². The lowest BCUT2D eigenvalue weighted by molar-refractivity contribution is 0.632. The van der Waals surface area contributed by atoms with Gasteiger partial charge in [-0.3, -0.25) is 0 Å². The van der Waals surface area contributed by atoms with Crippen LogP contribution < -0.4 is 72.6 Å². The summed E-state index contributed by atoms with van der Waals surface area (Å²) in [6.45, 7) is 4.49. The molecule has 105 heavy (non-hydrogen) atoms. The first-order chi connectivity index (χ1) is 51.9. The van der Waals surface area contributed by atoms with Crippen molar-refractivity contribution < 1.29 is 0 Å². The van der Waals surface area contributed by atoms with Crippen LogP contribution >= 0.6 is 0 Å². The van der Waals surface area contributed by atoms with Gasteiger partial charge in [-0.15, -0.1) is 0 Å². The molecule has 0 spiro atoms. The molecule has 0 N–H and O–H groups in total. The summed E-state index contributed by atoms with van der Waals surface area (Å²) in [7, 11) is -6.08. The number of nitrogens with zero attached hydrogens (tertiary/aromatic N) is 3. The van der Waals surface area contributed by atoms with Gasteiger partial charge in [0.15, 0.2) is 16.1 Å². The number of rotatable bonds is 14. The molecule has 496 valence electrons. The molecule has 0 unspecified atom stereocenters. The summed E-state index contributed by atoms with van der Waals surface area (Å²) in [5.74, 6) is 0. The molecule has 3 aliphatic rings. The van der Waals surface area contributed by atoms with Crippen molar-refractivity contribution in [3.63, 3.8) is 0 Å². The number of fused-ring (bicyclic) bond motifs is 6. The molecule has 3 aliphatic heterocycles. The van der Waals surface area contributed by atoms with Crippen molar-refractivity contribution in [3.05, 3.63) is 424 Å². The molecular formula is C99H74BN3Si2. The second kappa shape index (κ2) is 26.0. The van der Waals surface area contributed by atoms with Crippen LogP contribution in [0.3, 0.4) is 0 Å². The first-order valence-electron chi connectivity index (χ1n) is 36.7. The van der Waals surface area contributed by atoms with Crippen LogP contribution in [-0.2, 0) is 5.41 Å². The van der Waals surface area contributed by atoms with E-state index in [1.54, 1.807) is 0 Å². The van der Waals surface area contributed by atoms with Crippen LogP contribution in [0.15, 0.2) is 413 Å². The molecule has 3 heterocycles. The number of hydrogen-bond donors (Lipinski definition) is 0. The first-order valence-corrected chi connectivity index (χ1v) is 40.7. The van der Waals surface area contributed by atoms with Gasteiger partial charge in [-0.05, 0) is 152 Å². The standard InChI is InChI=1S/C99H74BN3Si2/c1-99(2)87-52-28-31-56-92(87)101(93-57-32-29-53-88(93)99)75-60-58-71(59-61-75)74-68-95-97-96(69-74)103(91-55-30-27-50-85(91)72-34-11-3-12-35-72)98-86(73-36-13-4-14-37-73)51-33-54-89(98)100(97)90-70-84(105(80-44-21-8-22-45-80,81-46-23-9-24-47-81)82-48-25-10-26-49-82)66-67-94(90)102(95)76-62-64-83(65-63-76)104(77-38-15-5-16-39-77,78-40-17-6-18-41-78)79-42-19-7-20-43-79/h3-70H,1-2H3. The van der Waals surface area contributed by atoms with E-state index in [2.05, 4.69) is 441 Å². The molecule has 19 rings (SSSR count). The molecule has 0 amide bonds. The average molecular weight is 1370 g/mol. The Balaban J connectivity index is 0.918. The Hall–Kier alpha value is -12.6. The van der Waals surface area contributed by atoms with Crippen molar-refractivity contribution in [2.45, 2.75) is 19.3 Å². The van der Waals surface area contributed by atoms with Crippen LogP contribution in [0.5, 0.6) is 0 Å². The predicted octanol–water partition coefficient (Wildman–Crippen LogP) is 17.6. The van der Waals surface area contributed by atoms with E-state index in [9.17, 15) is 0 Å². The van der Waals surface area contributed by atoms with Crippen LogP contribution in [-0.4, -0.2) is 22.9 Å². The minimum absolute atomic E-state index is 0.185. The summed E-state index contributed by atoms with van der Waals surface area (Å²) in [4.78, 5) is 7.77. The van der Waals surface area contributed by atoms with E-state index in [0.717, 1.165) is 61.9 Å². The maximum atomic E-state index is 2.67. The molecule has 16 aromatic rings. The zero-order chi connectivity index (χ0) is 70.1. The number of benzene rings is 16. The minimum Gasteiger partial charge on any atom is -0.311 e. The topological polar surface area (TPSA) is 9.72 Å². The highest BCUT2D eigenvalue weighted by molar-refractivity contribution is 7.20. The quantitative estimate of drug-likeness (QED) is 0.0794. The molecule has 0 bridgehead atoms. The van der Waals surface area contributed by atoms with Crippen molar-refractivity contribution in [3.8, 4) is 33.4 Å². The maximum Gasteiger partial charge on any atom is 0.252 e. The van der Waals surface area contributed by atoms with Crippen LogP contribution in [0.2, 0.25) is 0 Å². The smallest absolute Gasteiger partial charge is 0.252 e. The van der Waals surface area contributed by atoms with E-state index in [0.29, 0.717) is 0 Å². The van der Waals surface area contributed by atoms with Crippen molar-refractivity contribution in [1.82, 2.24) is 0 Å². The number of para-hydroxylation sites is 4. The molecule has 0 atom stereocenters. The zero-order valence-corrected chi connectivity index (χ0v) is 60.7. The van der Waals surface area contributed by atoms with E-state index in [4.69, 9.17) is 0 Å². The summed E-state index contributed by atoms with van der Waals surface area (Å²) >= 11 is 0. The van der Waals surface area contributed by atoms with Crippen molar-refractivity contribution in [2.24, 2.45) is 0 Å². The molecule has 16 aromatic carbocycles. The van der Waals surface area contributed by atoms with E-state index in [1.807, 2.05) is 0 Å². The lowest BCUT2D eigenvalue weighted by Gasteiger charge is -2.46. The van der Waals surface area contributed by atoms with Gasteiger partial charge < -0.3 is 14.7 Å². The van der Waals surface area contributed by atoms with Gasteiger partial charge in [-0.25, -0.2) is 0 Å². The molecule has 0 aliphatic carbocycles. The predicted molar refractivity (Wildman–Crippen MR) is 451 cm³/mol. The maximum absolute atomic E-state index is 3.13. The fraction of sp³-hybridized carbons (Fsp3) is 0.0303. The lowest BCUT2D eigenvalue weighted by Crippen LogP contribution is -2.75. The molecule has 0 saturated heterocycles. The molecule has 6 heteroatoms. The lowest BCUT2D eigenvalue weighted by atomic mass is 9.33. The minimum atomic E-state index is -3.13. The average Bonchev–Trinajstić information content (AvgIpc) is 0.685. The van der Waals surface area contributed by atoms with Crippen LogP contribution in [0, 0.1) is 0 Å². The Labute approximate surface area is 618 Å². The third kappa shape index (κ3) is 10.2. The van der Waals surface area contributed by atoms with Crippen LogP contribution in [0.25, 0.3) is 33.4 Å². The van der Waals surface area contributed by atoms with Gasteiger partial charge in [0.05, 0.1) is 17.1 Å². The Bertz CT molecular complexity index is 5630. The molecule has 0 saturated carbocycles. The molecular weight excluding hydrogens is 1300 g/mol. The third-order valence-electron chi connectivity index (χ3n) is 22.7. The van der Waals surface area contributed by atoms with Gasteiger partial charge in [0, 0.05) is 50.7 Å². The molecule has 3 nitrogen and oxygen atoms in total. The SMILES string of the molecule is CC1(C)c2ccccc2N(c2ccc(-c3cc4c5c(c3)N(c3ccccc3-c3ccccc3)c3c(cccc3-c3ccccc3)B5c3cc([Si](c5ccccc5)(c5ccccc5)c5ccccc5)ccc3N4c3ccc([Si](c4ccccc4)(c4ccccc4)c4ccccc4)cc3)cc2)c2ccccc21. The fourth-order valence-electron chi connectivity index (χ4n) is 18.1. The van der Waals surface area contributed by atoms with Crippen molar-refractivity contribution in [2.75, 3.05) is 14.7 Å². The van der Waals surface area contributed by atoms with Crippen molar-refractivity contribution in [1.29, 1.82) is 0 Å². The second-order valence-electron chi connectivity index (χ2n) is 28.6. The highest BCUT2D eigenvalue weighted by atomic mass is 28.3. The highest BCUT2D eigenvalue weighted by Crippen LogP contribution is 2.54. The van der Waals surface area contributed by atoms with Gasteiger partial charge >= 0.3 is 0 Å². The fourth-order valence-corrected chi connectivity index (χ4v) is 27.6. The summed E-state index contributed by atoms with van der Waals surface area (Å²) in [6, 6.07) is 156. The summed E-state index contributed by atoms with van der Waals surface area (Å²) in [5, 5.41) is 10.7. The Morgan fingerprint density at radius 2 is 0.581 bits per heavy atom. The monoisotopic (exact) mass is 1370 g/mol. The number of hydrogen-bond acceptors (Lipinski definition) is 3. The summed E-state index contributed by atoms with van der Waals surface area (Å²) < 4.78 is 0. The Morgan fingerprint density at radius 1 is 0.229 bits per heavy atom. The summed E-state index contributed by atoms with van der Waals surface area (Å²) in [5.41, 5.74) is 23.4. The largest absolute Gasteiger partial charge is 0.311 e. The van der Waals surface area contributed by atoms with E-state index in [-0.39, 0.29) is 12.1 Å². The summed E-state index contributed by atoms with van der Waals surface area (Å²) in [6.07, 6.45) is 0. The van der Waals surface area contributed by atoms with Gasteiger partial charge in [-0.2, -0.15) is 0 Å². The first kappa shape index (κ1) is 63.3. The van der Waals surface area contributed by atoms with Crippen molar-refractivity contribution >= 4 is 132 Å². The molecule has 0 fully saturated rings.